The Morgan fingerprint density at radius 3 is 2.17 bits per heavy atom. The summed E-state index contributed by atoms with van der Waals surface area (Å²) in [6.45, 7) is 1.16. The van der Waals surface area contributed by atoms with E-state index in [2.05, 4.69) is 0 Å². The first kappa shape index (κ1) is 18.3. The van der Waals surface area contributed by atoms with Crippen molar-refractivity contribution < 1.29 is 4.79 Å². The fourth-order valence-electron chi connectivity index (χ4n) is 0.491. The number of rotatable bonds is 5. The molecule has 0 unspecified atom stereocenters. The number of halogens is 2. The fourth-order valence-corrected chi connectivity index (χ4v) is 1.13. The Balaban J connectivity index is -0.000000405. The molecule has 0 saturated carbocycles. The van der Waals surface area contributed by atoms with Crippen LogP contribution in [0.1, 0.15) is 12.8 Å². The highest BCUT2D eigenvalue weighted by Crippen LogP contribution is 2.04. The molecular weight excluding hydrogens is 219 g/mol. The standard InChI is InChI=1S/C6H14N2OS.2ClH/c7-3-1-2-6(9)10-5-4-8;;/h1-5,7-8H2;2*1H. The molecule has 0 aliphatic rings. The zero-order valence-corrected chi connectivity index (χ0v) is 9.27. The van der Waals surface area contributed by atoms with E-state index in [9.17, 15) is 4.79 Å². The van der Waals surface area contributed by atoms with Crippen molar-refractivity contribution in [2.75, 3.05) is 18.8 Å². The molecule has 0 bridgehead atoms. The molecule has 0 saturated heterocycles. The predicted molar refractivity (Wildman–Crippen MR) is 59.3 cm³/mol. The van der Waals surface area contributed by atoms with E-state index in [0.29, 0.717) is 19.5 Å². The third kappa shape index (κ3) is 13.1. The average molecular weight is 235 g/mol. The van der Waals surface area contributed by atoms with E-state index < -0.39 is 0 Å². The fraction of sp³-hybridized carbons (Fsp3) is 0.833. The summed E-state index contributed by atoms with van der Waals surface area (Å²) in [6.07, 6.45) is 1.37. The first-order valence-electron chi connectivity index (χ1n) is 3.37. The second kappa shape index (κ2) is 14.1. The normalized spacial score (nSPS) is 8.17. The molecule has 0 spiro atoms. The number of carbonyl (C=O) groups is 1. The van der Waals surface area contributed by atoms with Crippen molar-refractivity contribution in [1.82, 2.24) is 0 Å². The van der Waals surface area contributed by atoms with E-state index in [-0.39, 0.29) is 29.9 Å². The Morgan fingerprint density at radius 1 is 1.17 bits per heavy atom. The third-order valence-corrected chi connectivity index (χ3v) is 1.93. The molecule has 0 aliphatic carbocycles. The van der Waals surface area contributed by atoms with Gasteiger partial charge >= 0.3 is 0 Å². The zero-order valence-electron chi connectivity index (χ0n) is 6.82. The molecule has 0 aromatic heterocycles. The molecule has 0 atom stereocenters. The maximum Gasteiger partial charge on any atom is 0.189 e. The summed E-state index contributed by atoms with van der Waals surface area (Å²) in [4.78, 5) is 10.8. The molecule has 0 rings (SSSR count). The number of carbonyl (C=O) groups excluding carboxylic acids is 1. The zero-order chi connectivity index (χ0) is 7.82. The van der Waals surface area contributed by atoms with Crippen molar-refractivity contribution in [3.8, 4) is 0 Å². The molecule has 12 heavy (non-hydrogen) atoms. The van der Waals surface area contributed by atoms with Gasteiger partial charge in [0.05, 0.1) is 0 Å². The molecule has 76 valence electrons. The number of thioether (sulfide) groups is 1. The summed E-state index contributed by atoms with van der Waals surface area (Å²) in [7, 11) is 0. The van der Waals surface area contributed by atoms with Gasteiger partial charge in [-0.05, 0) is 13.0 Å². The van der Waals surface area contributed by atoms with Gasteiger partial charge < -0.3 is 11.5 Å². The number of nitrogens with two attached hydrogens (primary N) is 2. The third-order valence-electron chi connectivity index (χ3n) is 0.966. The van der Waals surface area contributed by atoms with Crippen LogP contribution in [0.25, 0.3) is 0 Å². The quantitative estimate of drug-likeness (QED) is 0.739. The van der Waals surface area contributed by atoms with E-state index in [1.807, 2.05) is 0 Å². The highest BCUT2D eigenvalue weighted by molar-refractivity contribution is 8.13. The highest BCUT2D eigenvalue weighted by atomic mass is 35.5. The lowest BCUT2D eigenvalue weighted by Crippen LogP contribution is -2.06. The van der Waals surface area contributed by atoms with Gasteiger partial charge in [-0.2, -0.15) is 0 Å². The highest BCUT2D eigenvalue weighted by Gasteiger charge is 1.99. The van der Waals surface area contributed by atoms with Crippen LogP contribution >= 0.6 is 36.6 Å². The Labute approximate surface area is 89.8 Å². The summed E-state index contributed by atoms with van der Waals surface area (Å²) >= 11 is 1.30. The predicted octanol–water partition coefficient (Wildman–Crippen LogP) is 0.787. The molecule has 0 aromatic rings. The van der Waals surface area contributed by atoms with Crippen molar-refractivity contribution in [3.63, 3.8) is 0 Å². The van der Waals surface area contributed by atoms with E-state index >= 15 is 0 Å². The first-order chi connectivity index (χ1) is 4.81. The lowest BCUT2D eigenvalue weighted by atomic mass is 10.3. The van der Waals surface area contributed by atoms with Crippen LogP contribution < -0.4 is 11.5 Å². The summed E-state index contributed by atoms with van der Waals surface area (Å²) in [5.41, 5.74) is 10.4. The van der Waals surface area contributed by atoms with Gasteiger partial charge in [0, 0.05) is 18.7 Å². The van der Waals surface area contributed by atoms with Crippen molar-refractivity contribution in [1.29, 1.82) is 0 Å². The van der Waals surface area contributed by atoms with Crippen LogP contribution in [0.3, 0.4) is 0 Å². The van der Waals surface area contributed by atoms with Gasteiger partial charge in [0.2, 0.25) is 0 Å². The molecule has 3 nitrogen and oxygen atoms in total. The van der Waals surface area contributed by atoms with Crippen LogP contribution in [0.5, 0.6) is 0 Å². The van der Waals surface area contributed by atoms with Crippen molar-refractivity contribution in [2.45, 2.75) is 12.8 Å². The second-order valence-corrected chi connectivity index (χ2v) is 3.05. The van der Waals surface area contributed by atoms with Crippen LogP contribution in [0.15, 0.2) is 0 Å². The monoisotopic (exact) mass is 234 g/mol. The summed E-state index contributed by atoms with van der Waals surface area (Å²) in [5.74, 6) is 0.726. The Kier molecular flexibility index (Phi) is 21.5. The van der Waals surface area contributed by atoms with E-state index in [1.54, 1.807) is 0 Å². The minimum Gasteiger partial charge on any atom is -0.330 e. The molecule has 0 aromatic carbocycles. The van der Waals surface area contributed by atoms with Gasteiger partial charge in [0.15, 0.2) is 5.12 Å². The van der Waals surface area contributed by atoms with Crippen LogP contribution in [-0.4, -0.2) is 24.0 Å². The smallest absolute Gasteiger partial charge is 0.189 e. The first-order valence-corrected chi connectivity index (χ1v) is 4.35. The lowest BCUT2D eigenvalue weighted by Gasteiger charge is -1.95. The topological polar surface area (TPSA) is 69.1 Å². The minimum absolute atomic E-state index is 0. The van der Waals surface area contributed by atoms with Crippen LogP contribution in [0, 0.1) is 0 Å². The van der Waals surface area contributed by atoms with E-state index in [0.717, 1.165) is 12.2 Å². The van der Waals surface area contributed by atoms with Crippen molar-refractivity contribution in [3.05, 3.63) is 0 Å². The van der Waals surface area contributed by atoms with E-state index in [4.69, 9.17) is 11.5 Å². The van der Waals surface area contributed by atoms with Gasteiger partial charge in [-0.3, -0.25) is 4.79 Å². The summed E-state index contributed by atoms with van der Waals surface area (Å²) in [6, 6.07) is 0. The maximum absolute atomic E-state index is 10.8. The number of hydrogen-bond donors (Lipinski definition) is 2. The largest absolute Gasteiger partial charge is 0.330 e. The molecule has 4 N–H and O–H groups in total. The average Bonchev–Trinajstić information content (AvgIpc) is 1.97. The Bertz CT molecular complexity index is 95.5. The lowest BCUT2D eigenvalue weighted by molar-refractivity contribution is -0.111. The van der Waals surface area contributed by atoms with Gasteiger partial charge in [-0.15, -0.1) is 24.8 Å². The minimum atomic E-state index is 0. The second-order valence-electron chi connectivity index (χ2n) is 1.90. The van der Waals surface area contributed by atoms with Crippen LogP contribution in [0.4, 0.5) is 0 Å². The van der Waals surface area contributed by atoms with Crippen molar-refractivity contribution >= 4 is 41.7 Å². The van der Waals surface area contributed by atoms with Gasteiger partial charge in [-0.1, -0.05) is 11.8 Å². The maximum atomic E-state index is 10.8. The molecule has 6 heteroatoms. The van der Waals surface area contributed by atoms with Crippen molar-refractivity contribution in [2.24, 2.45) is 11.5 Å². The van der Waals surface area contributed by atoms with Crippen LogP contribution in [0.2, 0.25) is 0 Å². The van der Waals surface area contributed by atoms with Gasteiger partial charge in [-0.25, -0.2) is 0 Å². The van der Waals surface area contributed by atoms with Crippen LogP contribution in [-0.2, 0) is 4.79 Å². The molecular formula is C6H16Cl2N2OS. The van der Waals surface area contributed by atoms with Gasteiger partial charge in [0.25, 0.3) is 0 Å². The molecule has 0 amide bonds. The summed E-state index contributed by atoms with van der Waals surface area (Å²) in [5, 5.41) is 0.205. The molecule has 0 aliphatic heterocycles. The molecule has 0 heterocycles. The Morgan fingerprint density at radius 2 is 1.75 bits per heavy atom. The van der Waals surface area contributed by atoms with Gasteiger partial charge in [0.1, 0.15) is 0 Å². The number of hydrogen-bond acceptors (Lipinski definition) is 4. The summed E-state index contributed by atoms with van der Waals surface area (Å²) < 4.78 is 0. The SMILES string of the molecule is Cl.Cl.NCCCC(=O)SCCN. The molecule has 0 fully saturated rings. The van der Waals surface area contributed by atoms with E-state index in [1.165, 1.54) is 11.8 Å². The Hall–Kier alpha value is 0.520. The molecule has 0 radical (unpaired) electrons.